The number of aromatic amines is 1. The first-order valence-electron chi connectivity index (χ1n) is 8.28. The number of carbonyl (C=O) groups is 1. The molecule has 3 rings (SSSR count). The standard InChI is InChI=1S/C17H20N6O3/c24-9-6-13(10-12-4-2-1-3-5-12)20-17(26)19-11-14-21-22-15-16(25)18-7-8-23(14)15/h1-5,7-8,13,24H,6,9-11H2,(H,18,25)(H2,19,20,26). The molecule has 0 aliphatic rings. The van der Waals surface area contributed by atoms with E-state index < -0.39 is 0 Å². The van der Waals surface area contributed by atoms with Crippen LogP contribution < -0.4 is 16.2 Å². The topological polar surface area (TPSA) is 124 Å². The molecule has 2 heterocycles. The molecule has 2 aromatic heterocycles. The van der Waals surface area contributed by atoms with Gasteiger partial charge in [-0.05, 0) is 18.4 Å². The van der Waals surface area contributed by atoms with Crippen LogP contribution in [0.15, 0.2) is 47.5 Å². The molecule has 2 amide bonds. The highest BCUT2D eigenvalue weighted by Crippen LogP contribution is 2.06. The second-order valence-corrected chi connectivity index (χ2v) is 5.82. The predicted octanol–water partition coefficient (Wildman–Crippen LogP) is 0.211. The molecule has 0 saturated heterocycles. The highest BCUT2D eigenvalue weighted by atomic mass is 16.3. The largest absolute Gasteiger partial charge is 0.396 e. The van der Waals surface area contributed by atoms with Crippen molar-refractivity contribution in [2.75, 3.05) is 6.61 Å². The third-order valence-electron chi connectivity index (χ3n) is 3.95. The van der Waals surface area contributed by atoms with E-state index in [1.165, 1.54) is 10.6 Å². The van der Waals surface area contributed by atoms with Crippen LogP contribution in [0.5, 0.6) is 0 Å². The Balaban J connectivity index is 1.59. The van der Waals surface area contributed by atoms with Gasteiger partial charge in [-0.1, -0.05) is 30.3 Å². The van der Waals surface area contributed by atoms with E-state index in [0.717, 1.165) is 5.56 Å². The monoisotopic (exact) mass is 356 g/mol. The lowest BCUT2D eigenvalue weighted by atomic mass is 10.0. The number of nitrogens with zero attached hydrogens (tertiary/aromatic N) is 3. The van der Waals surface area contributed by atoms with Crippen LogP contribution in [0.4, 0.5) is 4.79 Å². The van der Waals surface area contributed by atoms with E-state index >= 15 is 0 Å². The van der Waals surface area contributed by atoms with E-state index in [2.05, 4.69) is 25.8 Å². The third-order valence-corrected chi connectivity index (χ3v) is 3.95. The second-order valence-electron chi connectivity index (χ2n) is 5.82. The second kappa shape index (κ2) is 8.26. The summed E-state index contributed by atoms with van der Waals surface area (Å²) < 4.78 is 1.52. The molecule has 26 heavy (non-hydrogen) atoms. The van der Waals surface area contributed by atoms with Crippen molar-refractivity contribution in [1.82, 2.24) is 30.2 Å². The highest BCUT2D eigenvalue weighted by Gasteiger charge is 2.14. The fraction of sp³-hybridized carbons (Fsp3) is 0.294. The first kappa shape index (κ1) is 17.6. The third kappa shape index (κ3) is 4.25. The smallest absolute Gasteiger partial charge is 0.315 e. The van der Waals surface area contributed by atoms with Gasteiger partial charge in [0.15, 0.2) is 5.82 Å². The Morgan fingerprint density at radius 3 is 2.85 bits per heavy atom. The van der Waals surface area contributed by atoms with Gasteiger partial charge in [-0.25, -0.2) is 4.79 Å². The van der Waals surface area contributed by atoms with E-state index in [1.54, 1.807) is 6.20 Å². The first-order chi connectivity index (χ1) is 12.7. The zero-order valence-corrected chi connectivity index (χ0v) is 14.1. The Kier molecular flexibility index (Phi) is 5.59. The number of aromatic nitrogens is 4. The van der Waals surface area contributed by atoms with Crippen LogP contribution in [-0.2, 0) is 13.0 Å². The maximum Gasteiger partial charge on any atom is 0.315 e. The van der Waals surface area contributed by atoms with E-state index in [-0.39, 0.29) is 36.4 Å². The number of rotatable bonds is 7. The molecule has 0 bridgehead atoms. The summed E-state index contributed by atoms with van der Waals surface area (Å²) in [6.45, 7) is 0.100. The number of fused-ring (bicyclic) bond motifs is 1. The molecule has 1 unspecified atom stereocenters. The Bertz CT molecular complexity index is 921. The minimum atomic E-state index is -0.374. The number of hydrogen-bond donors (Lipinski definition) is 4. The maximum atomic E-state index is 12.2. The van der Waals surface area contributed by atoms with Gasteiger partial charge in [-0.2, -0.15) is 0 Å². The molecule has 0 aliphatic carbocycles. The van der Waals surface area contributed by atoms with Crippen molar-refractivity contribution < 1.29 is 9.90 Å². The van der Waals surface area contributed by atoms with Gasteiger partial charge in [0.05, 0.1) is 6.54 Å². The van der Waals surface area contributed by atoms with E-state index in [1.807, 2.05) is 30.3 Å². The number of H-pyrrole nitrogens is 1. The van der Waals surface area contributed by atoms with E-state index in [0.29, 0.717) is 18.7 Å². The predicted molar refractivity (Wildman–Crippen MR) is 94.6 cm³/mol. The van der Waals surface area contributed by atoms with Crippen molar-refractivity contribution in [3.63, 3.8) is 0 Å². The highest BCUT2D eigenvalue weighted by molar-refractivity contribution is 5.74. The van der Waals surface area contributed by atoms with E-state index in [4.69, 9.17) is 0 Å². The van der Waals surface area contributed by atoms with E-state index in [9.17, 15) is 14.7 Å². The van der Waals surface area contributed by atoms with Crippen molar-refractivity contribution in [2.45, 2.75) is 25.4 Å². The van der Waals surface area contributed by atoms with Crippen LogP contribution in [0.25, 0.3) is 5.65 Å². The van der Waals surface area contributed by atoms with Crippen LogP contribution in [0.3, 0.4) is 0 Å². The molecular weight excluding hydrogens is 336 g/mol. The van der Waals surface area contributed by atoms with Crippen molar-refractivity contribution in [2.24, 2.45) is 0 Å². The summed E-state index contributed by atoms with van der Waals surface area (Å²) in [5, 5.41) is 22.5. The van der Waals surface area contributed by atoms with Gasteiger partial charge in [0.1, 0.15) is 0 Å². The van der Waals surface area contributed by atoms with Gasteiger partial charge in [-0.15, -0.1) is 10.2 Å². The molecule has 4 N–H and O–H groups in total. The minimum Gasteiger partial charge on any atom is -0.396 e. The number of aliphatic hydroxyl groups excluding tert-OH is 1. The summed E-state index contributed by atoms with van der Waals surface area (Å²) in [6.07, 6.45) is 4.18. The van der Waals surface area contributed by atoms with Crippen LogP contribution in [0.1, 0.15) is 17.8 Å². The number of amides is 2. The average molecular weight is 356 g/mol. The lowest BCUT2D eigenvalue weighted by Crippen LogP contribution is -2.43. The number of aliphatic hydroxyl groups is 1. The average Bonchev–Trinajstić information content (AvgIpc) is 3.06. The molecular formula is C17H20N6O3. The van der Waals surface area contributed by atoms with Crippen LogP contribution >= 0.6 is 0 Å². The van der Waals surface area contributed by atoms with Crippen LogP contribution in [0, 0.1) is 0 Å². The van der Waals surface area contributed by atoms with Crippen LogP contribution in [-0.4, -0.2) is 43.4 Å². The maximum absolute atomic E-state index is 12.2. The Hall–Kier alpha value is -3.20. The van der Waals surface area contributed by atoms with Gasteiger partial charge in [0.2, 0.25) is 5.65 Å². The molecule has 1 aromatic carbocycles. The van der Waals surface area contributed by atoms with Crippen LogP contribution in [0.2, 0.25) is 0 Å². The summed E-state index contributed by atoms with van der Waals surface area (Å²) in [5.41, 5.74) is 0.905. The number of carbonyl (C=O) groups excluding carboxylic acids is 1. The van der Waals surface area contributed by atoms with Crippen molar-refractivity contribution in [3.05, 3.63) is 64.5 Å². The number of urea groups is 1. The van der Waals surface area contributed by atoms with Gasteiger partial charge in [-0.3, -0.25) is 9.20 Å². The summed E-state index contributed by atoms with van der Waals surface area (Å²) in [6, 6.07) is 9.18. The Labute approximate surface area is 149 Å². The van der Waals surface area contributed by atoms with Gasteiger partial charge in [0.25, 0.3) is 5.56 Å². The lowest BCUT2D eigenvalue weighted by Gasteiger charge is -2.18. The zero-order chi connectivity index (χ0) is 18.4. The first-order valence-corrected chi connectivity index (χ1v) is 8.28. The number of nitrogens with one attached hydrogen (secondary N) is 3. The number of hydrogen-bond acceptors (Lipinski definition) is 5. The molecule has 3 aromatic rings. The molecule has 9 nitrogen and oxygen atoms in total. The summed E-state index contributed by atoms with van der Waals surface area (Å²) in [5.74, 6) is 0.447. The fourth-order valence-electron chi connectivity index (χ4n) is 2.68. The molecule has 0 radical (unpaired) electrons. The molecule has 1 atom stereocenters. The Morgan fingerprint density at radius 2 is 2.08 bits per heavy atom. The number of benzene rings is 1. The summed E-state index contributed by atoms with van der Waals surface area (Å²) in [4.78, 5) is 26.3. The summed E-state index contributed by atoms with van der Waals surface area (Å²) >= 11 is 0. The van der Waals surface area contributed by atoms with Gasteiger partial charge >= 0.3 is 6.03 Å². The molecule has 0 aliphatic heterocycles. The molecule has 9 heteroatoms. The Morgan fingerprint density at radius 1 is 1.27 bits per heavy atom. The van der Waals surface area contributed by atoms with Gasteiger partial charge in [0, 0.05) is 25.0 Å². The summed E-state index contributed by atoms with van der Waals surface area (Å²) in [7, 11) is 0. The molecule has 0 saturated carbocycles. The molecule has 136 valence electrons. The molecule has 0 fully saturated rings. The molecule has 0 spiro atoms. The minimum absolute atomic E-state index is 0.0185. The zero-order valence-electron chi connectivity index (χ0n) is 14.1. The van der Waals surface area contributed by atoms with Gasteiger partial charge < -0.3 is 20.7 Å². The normalized spacial score (nSPS) is 12.0. The van der Waals surface area contributed by atoms with Crippen molar-refractivity contribution in [1.29, 1.82) is 0 Å². The SMILES string of the molecule is O=C(NCc1nnc2c(=O)[nH]ccn12)NC(CCO)Cc1ccccc1. The lowest BCUT2D eigenvalue weighted by molar-refractivity contribution is 0.228. The fourth-order valence-corrected chi connectivity index (χ4v) is 2.68. The van der Waals surface area contributed by atoms with Crippen molar-refractivity contribution >= 4 is 11.7 Å². The van der Waals surface area contributed by atoms with Crippen molar-refractivity contribution in [3.8, 4) is 0 Å². The quantitative estimate of drug-likeness (QED) is 0.482.